The normalized spacial score (nSPS) is 11.5. The fourth-order valence-corrected chi connectivity index (χ4v) is 2.09. The predicted octanol–water partition coefficient (Wildman–Crippen LogP) is 4.83. The monoisotopic (exact) mass is 365 g/mol. The molecule has 0 aliphatic heterocycles. The molecule has 2 nitrogen and oxygen atoms in total. The highest BCUT2D eigenvalue weighted by molar-refractivity contribution is 5.91. The number of carbonyl (C=O) groups excluding carboxylic acids is 1. The first-order chi connectivity index (χ1) is 11.6. The van der Waals surface area contributed by atoms with Crippen molar-refractivity contribution in [2.24, 2.45) is 0 Å². The minimum absolute atomic E-state index is 0.154. The van der Waals surface area contributed by atoms with Gasteiger partial charge in [0.25, 0.3) is 0 Å². The molecular weight excluding hydrogens is 355 g/mol. The molecule has 0 saturated carbocycles. The second-order valence-electron chi connectivity index (χ2n) is 5.04. The molecule has 134 valence electrons. The Morgan fingerprint density at radius 1 is 0.880 bits per heavy atom. The number of aryl methyl sites for hydroxylation is 1. The number of benzene rings is 2. The third-order valence-corrected chi connectivity index (χ3v) is 3.29. The van der Waals surface area contributed by atoms with E-state index in [1.165, 1.54) is 0 Å². The summed E-state index contributed by atoms with van der Waals surface area (Å²) in [5.41, 5.74) is -3.57. The average molecular weight is 365 g/mol. The van der Waals surface area contributed by atoms with Crippen LogP contribution in [-0.2, 0) is 17.4 Å². The van der Waals surface area contributed by atoms with Crippen LogP contribution in [0.3, 0.4) is 0 Å². The van der Waals surface area contributed by atoms with Crippen LogP contribution in [0.2, 0.25) is 0 Å². The van der Waals surface area contributed by atoms with Crippen molar-refractivity contribution in [1.82, 2.24) is 0 Å². The molecule has 25 heavy (non-hydrogen) atoms. The Kier molecular flexibility index (Phi) is 5.34. The fourth-order valence-electron chi connectivity index (χ4n) is 2.09. The van der Waals surface area contributed by atoms with Crippen molar-refractivity contribution in [3.63, 3.8) is 0 Å². The van der Waals surface area contributed by atoms with E-state index in [0.717, 1.165) is 0 Å². The van der Waals surface area contributed by atoms with E-state index in [9.17, 15) is 35.5 Å². The maximum atomic E-state index is 13.7. The van der Waals surface area contributed by atoms with E-state index in [4.69, 9.17) is 0 Å². The third-order valence-electron chi connectivity index (χ3n) is 3.29. The van der Waals surface area contributed by atoms with Crippen LogP contribution >= 0.6 is 0 Å². The summed E-state index contributed by atoms with van der Waals surface area (Å²) in [4.78, 5) is 11.7. The van der Waals surface area contributed by atoms with E-state index in [0.29, 0.717) is 5.56 Å². The first kappa shape index (κ1) is 18.8. The summed E-state index contributed by atoms with van der Waals surface area (Å²) in [5.74, 6) is -10.9. The van der Waals surface area contributed by atoms with Crippen molar-refractivity contribution in [2.45, 2.75) is 19.0 Å². The molecule has 9 heteroatoms. The second kappa shape index (κ2) is 7.12. The van der Waals surface area contributed by atoms with E-state index >= 15 is 0 Å². The Morgan fingerprint density at radius 3 is 1.88 bits per heavy atom. The Balaban J connectivity index is 2.24. The van der Waals surface area contributed by atoms with Crippen molar-refractivity contribution < 1.29 is 35.5 Å². The molecule has 0 fully saturated rings. The van der Waals surface area contributed by atoms with Gasteiger partial charge in [0.05, 0.1) is 0 Å². The van der Waals surface area contributed by atoms with Crippen LogP contribution in [0, 0.1) is 23.3 Å². The summed E-state index contributed by atoms with van der Waals surface area (Å²) < 4.78 is 91.6. The smallest absolute Gasteiger partial charge is 0.321 e. The molecule has 0 spiro atoms. The molecule has 1 N–H and O–H groups in total. The minimum atomic E-state index is -5.63. The number of hydrogen-bond donors (Lipinski definition) is 1. The molecule has 0 heterocycles. The summed E-state index contributed by atoms with van der Waals surface area (Å²) >= 11 is 0. The van der Waals surface area contributed by atoms with Crippen LogP contribution in [0.4, 0.5) is 36.4 Å². The Bertz CT molecular complexity index is 758. The number of hydrogen-bond acceptors (Lipinski definition) is 1. The molecule has 2 aromatic carbocycles. The van der Waals surface area contributed by atoms with Crippen molar-refractivity contribution in [1.29, 1.82) is 0 Å². The summed E-state index contributed by atoms with van der Waals surface area (Å²) in [6.07, 6.45) is -5.78. The maximum absolute atomic E-state index is 13.7. The first-order valence-electron chi connectivity index (χ1n) is 6.89. The van der Waals surface area contributed by atoms with Gasteiger partial charge in [-0.3, -0.25) is 4.79 Å². The van der Waals surface area contributed by atoms with Gasteiger partial charge in [0.1, 0.15) is 11.3 Å². The highest BCUT2D eigenvalue weighted by Crippen LogP contribution is 2.38. The number of anilines is 1. The van der Waals surface area contributed by atoms with Crippen LogP contribution < -0.4 is 5.32 Å². The molecular formula is C16H10F7NO. The number of amides is 1. The SMILES string of the molecule is O=C(CCc1ccccc1)Nc1c(F)c(F)c(C(F)(F)F)c(F)c1F. The molecule has 0 aromatic heterocycles. The molecule has 0 aliphatic carbocycles. The van der Waals surface area contributed by atoms with Gasteiger partial charge in [0, 0.05) is 6.42 Å². The molecule has 0 atom stereocenters. The van der Waals surface area contributed by atoms with E-state index < -0.39 is 46.6 Å². The number of rotatable bonds is 4. The Labute approximate surface area is 137 Å². The Morgan fingerprint density at radius 2 is 1.40 bits per heavy atom. The predicted molar refractivity (Wildman–Crippen MR) is 74.7 cm³/mol. The zero-order chi connectivity index (χ0) is 18.8. The molecule has 0 bridgehead atoms. The van der Waals surface area contributed by atoms with Crippen LogP contribution in [0.5, 0.6) is 0 Å². The van der Waals surface area contributed by atoms with E-state index in [1.54, 1.807) is 35.6 Å². The van der Waals surface area contributed by atoms with Crippen LogP contribution in [0.25, 0.3) is 0 Å². The van der Waals surface area contributed by atoms with E-state index in [1.807, 2.05) is 0 Å². The quantitative estimate of drug-likeness (QED) is 0.610. The van der Waals surface area contributed by atoms with Gasteiger partial charge in [-0.15, -0.1) is 0 Å². The first-order valence-corrected chi connectivity index (χ1v) is 6.89. The lowest BCUT2D eigenvalue weighted by atomic mass is 10.1. The van der Waals surface area contributed by atoms with E-state index in [-0.39, 0.29) is 12.8 Å². The fraction of sp³-hybridized carbons (Fsp3) is 0.188. The average Bonchev–Trinajstić information content (AvgIpc) is 2.55. The molecule has 0 saturated heterocycles. The van der Waals surface area contributed by atoms with Gasteiger partial charge < -0.3 is 5.32 Å². The second-order valence-corrected chi connectivity index (χ2v) is 5.04. The van der Waals surface area contributed by atoms with Gasteiger partial charge in [-0.2, -0.15) is 13.2 Å². The molecule has 2 aromatic rings. The lowest BCUT2D eigenvalue weighted by molar-refractivity contribution is -0.143. The number of halogens is 7. The summed E-state index contributed by atoms with van der Waals surface area (Å²) in [7, 11) is 0. The molecule has 0 unspecified atom stereocenters. The van der Waals surface area contributed by atoms with Crippen LogP contribution in [0.15, 0.2) is 30.3 Å². The van der Waals surface area contributed by atoms with Crippen LogP contribution in [-0.4, -0.2) is 5.91 Å². The number of carbonyl (C=O) groups is 1. The van der Waals surface area contributed by atoms with Gasteiger partial charge in [-0.25, -0.2) is 17.6 Å². The number of alkyl halides is 3. The van der Waals surface area contributed by atoms with Crippen molar-refractivity contribution in [2.75, 3.05) is 5.32 Å². The summed E-state index contributed by atoms with van der Waals surface area (Å²) in [6, 6.07) is 8.44. The summed E-state index contributed by atoms with van der Waals surface area (Å²) in [5, 5.41) is 1.57. The Hall–Kier alpha value is -2.58. The highest BCUT2D eigenvalue weighted by Gasteiger charge is 2.42. The topological polar surface area (TPSA) is 29.1 Å². The van der Waals surface area contributed by atoms with E-state index in [2.05, 4.69) is 0 Å². The van der Waals surface area contributed by atoms with Crippen molar-refractivity contribution in [3.8, 4) is 0 Å². The van der Waals surface area contributed by atoms with Crippen molar-refractivity contribution >= 4 is 11.6 Å². The minimum Gasteiger partial charge on any atom is -0.321 e. The van der Waals surface area contributed by atoms with Gasteiger partial charge in [-0.05, 0) is 12.0 Å². The zero-order valence-corrected chi connectivity index (χ0v) is 12.4. The largest absolute Gasteiger partial charge is 0.422 e. The molecule has 1 amide bonds. The highest BCUT2D eigenvalue weighted by atomic mass is 19.4. The molecule has 0 radical (unpaired) electrons. The third kappa shape index (κ3) is 4.09. The lowest BCUT2D eigenvalue weighted by Gasteiger charge is -2.14. The zero-order valence-electron chi connectivity index (χ0n) is 12.4. The lowest BCUT2D eigenvalue weighted by Crippen LogP contribution is -2.20. The van der Waals surface area contributed by atoms with Gasteiger partial charge in [0.2, 0.25) is 5.91 Å². The molecule has 0 aliphatic rings. The van der Waals surface area contributed by atoms with Crippen LogP contribution in [0.1, 0.15) is 17.5 Å². The van der Waals surface area contributed by atoms with Gasteiger partial charge >= 0.3 is 6.18 Å². The standard InChI is InChI=1S/C16H10F7NO/c17-11-10(16(21,22)23)12(18)14(20)15(13(11)19)24-9(25)7-6-8-4-2-1-3-5-8/h1-5H,6-7H2,(H,24,25). The van der Waals surface area contributed by atoms with Gasteiger partial charge in [-0.1, -0.05) is 30.3 Å². The molecule has 2 rings (SSSR count). The maximum Gasteiger partial charge on any atom is 0.422 e. The summed E-state index contributed by atoms with van der Waals surface area (Å²) in [6.45, 7) is 0. The number of nitrogens with one attached hydrogen (secondary N) is 1. The van der Waals surface area contributed by atoms with Gasteiger partial charge in [0.15, 0.2) is 23.3 Å². The van der Waals surface area contributed by atoms with Crippen molar-refractivity contribution in [3.05, 3.63) is 64.7 Å².